The molecule has 1 aromatic heterocycles. The Bertz CT molecular complexity index is 596. The zero-order valence-electron chi connectivity index (χ0n) is 11.8. The SMILES string of the molecule is Fc1cccc(Nc2cc(NC3CCCCC3)ncn2)c1. The van der Waals surface area contributed by atoms with E-state index in [4.69, 9.17) is 0 Å². The second-order valence-corrected chi connectivity index (χ2v) is 5.40. The summed E-state index contributed by atoms with van der Waals surface area (Å²) in [5.74, 6) is 1.21. The third kappa shape index (κ3) is 3.90. The first-order chi connectivity index (χ1) is 10.3. The highest BCUT2D eigenvalue weighted by Gasteiger charge is 2.13. The summed E-state index contributed by atoms with van der Waals surface area (Å²) in [6, 6.07) is 8.69. The normalized spacial score (nSPS) is 15.7. The molecule has 1 saturated carbocycles. The van der Waals surface area contributed by atoms with Crippen molar-refractivity contribution < 1.29 is 4.39 Å². The van der Waals surface area contributed by atoms with Crippen LogP contribution in [0.4, 0.5) is 21.7 Å². The molecule has 0 bridgehead atoms. The molecule has 1 heterocycles. The van der Waals surface area contributed by atoms with Crippen LogP contribution in [0.15, 0.2) is 36.7 Å². The van der Waals surface area contributed by atoms with Crippen molar-refractivity contribution in [1.82, 2.24) is 9.97 Å². The minimum atomic E-state index is -0.269. The molecule has 0 saturated heterocycles. The summed E-state index contributed by atoms with van der Waals surface area (Å²) in [4.78, 5) is 8.43. The van der Waals surface area contributed by atoms with Crippen molar-refractivity contribution in [3.05, 3.63) is 42.5 Å². The third-order valence-corrected chi connectivity index (χ3v) is 3.72. The Kier molecular flexibility index (Phi) is 4.28. The summed E-state index contributed by atoms with van der Waals surface area (Å²) in [6.45, 7) is 0. The number of halogens is 1. The largest absolute Gasteiger partial charge is 0.367 e. The standard InChI is InChI=1S/C16H19FN4/c17-12-5-4-8-14(9-12)21-16-10-15(18-11-19-16)20-13-6-2-1-3-7-13/h4-5,8-11,13H,1-3,6-7H2,(H2,18,19,20,21). The Balaban J connectivity index is 1.67. The van der Waals surface area contributed by atoms with Crippen LogP contribution in [-0.2, 0) is 0 Å². The molecule has 4 nitrogen and oxygen atoms in total. The van der Waals surface area contributed by atoms with Gasteiger partial charge in [0.25, 0.3) is 0 Å². The fourth-order valence-corrected chi connectivity index (χ4v) is 2.67. The third-order valence-electron chi connectivity index (χ3n) is 3.72. The average Bonchev–Trinajstić information content (AvgIpc) is 2.49. The fraction of sp³-hybridized carbons (Fsp3) is 0.375. The Labute approximate surface area is 123 Å². The predicted octanol–water partition coefficient (Wildman–Crippen LogP) is 4.10. The van der Waals surface area contributed by atoms with E-state index in [0.29, 0.717) is 17.5 Å². The van der Waals surface area contributed by atoms with Crippen molar-refractivity contribution >= 4 is 17.3 Å². The lowest BCUT2D eigenvalue weighted by molar-refractivity contribution is 0.462. The number of nitrogens with zero attached hydrogens (tertiary/aromatic N) is 2. The number of hydrogen-bond donors (Lipinski definition) is 2. The van der Waals surface area contributed by atoms with E-state index in [1.807, 2.05) is 6.07 Å². The lowest BCUT2D eigenvalue weighted by Gasteiger charge is -2.23. The van der Waals surface area contributed by atoms with Crippen LogP contribution < -0.4 is 10.6 Å². The molecule has 1 aliphatic carbocycles. The van der Waals surface area contributed by atoms with Gasteiger partial charge in [-0.3, -0.25) is 0 Å². The molecule has 2 N–H and O–H groups in total. The van der Waals surface area contributed by atoms with Crippen molar-refractivity contribution in [3.8, 4) is 0 Å². The summed E-state index contributed by atoms with van der Waals surface area (Å²) in [6.07, 6.45) is 7.78. The van der Waals surface area contributed by atoms with Crippen LogP contribution in [0.5, 0.6) is 0 Å². The number of benzene rings is 1. The van der Waals surface area contributed by atoms with Crippen LogP contribution in [0, 0.1) is 5.82 Å². The molecule has 2 aromatic rings. The summed E-state index contributed by atoms with van der Waals surface area (Å²) < 4.78 is 13.2. The van der Waals surface area contributed by atoms with E-state index in [-0.39, 0.29) is 5.82 Å². The topological polar surface area (TPSA) is 49.8 Å². The van der Waals surface area contributed by atoms with Crippen molar-refractivity contribution in [2.75, 3.05) is 10.6 Å². The van der Waals surface area contributed by atoms with Gasteiger partial charge in [0.1, 0.15) is 23.8 Å². The van der Waals surface area contributed by atoms with Crippen LogP contribution in [0.3, 0.4) is 0 Å². The van der Waals surface area contributed by atoms with Gasteiger partial charge in [0, 0.05) is 17.8 Å². The van der Waals surface area contributed by atoms with E-state index in [9.17, 15) is 4.39 Å². The number of nitrogens with one attached hydrogen (secondary N) is 2. The summed E-state index contributed by atoms with van der Waals surface area (Å²) in [7, 11) is 0. The van der Waals surface area contributed by atoms with Gasteiger partial charge in [-0.1, -0.05) is 25.3 Å². The molecule has 1 fully saturated rings. The van der Waals surface area contributed by atoms with Gasteiger partial charge in [-0.05, 0) is 31.0 Å². The maximum atomic E-state index is 13.2. The molecule has 21 heavy (non-hydrogen) atoms. The van der Waals surface area contributed by atoms with Crippen LogP contribution in [-0.4, -0.2) is 16.0 Å². The van der Waals surface area contributed by atoms with Gasteiger partial charge >= 0.3 is 0 Å². The van der Waals surface area contributed by atoms with Gasteiger partial charge in [0.2, 0.25) is 0 Å². The van der Waals surface area contributed by atoms with Gasteiger partial charge in [-0.25, -0.2) is 14.4 Å². The summed E-state index contributed by atoms with van der Waals surface area (Å²) >= 11 is 0. The molecule has 0 spiro atoms. The molecule has 110 valence electrons. The molecule has 1 aromatic carbocycles. The fourth-order valence-electron chi connectivity index (χ4n) is 2.67. The highest BCUT2D eigenvalue weighted by atomic mass is 19.1. The van der Waals surface area contributed by atoms with E-state index >= 15 is 0 Å². The molecule has 0 atom stereocenters. The monoisotopic (exact) mass is 286 g/mol. The van der Waals surface area contributed by atoms with Gasteiger partial charge < -0.3 is 10.6 Å². The van der Waals surface area contributed by atoms with Crippen molar-refractivity contribution in [2.24, 2.45) is 0 Å². The average molecular weight is 286 g/mol. The van der Waals surface area contributed by atoms with Crippen molar-refractivity contribution in [1.29, 1.82) is 0 Å². The molecule has 3 rings (SSSR count). The number of hydrogen-bond acceptors (Lipinski definition) is 4. The van der Waals surface area contributed by atoms with E-state index in [1.54, 1.807) is 12.1 Å². The minimum absolute atomic E-state index is 0.269. The summed E-state index contributed by atoms with van der Waals surface area (Å²) in [5.41, 5.74) is 0.678. The van der Waals surface area contributed by atoms with Crippen LogP contribution in [0.1, 0.15) is 32.1 Å². The second kappa shape index (κ2) is 6.52. The van der Waals surface area contributed by atoms with Crippen LogP contribution in [0.25, 0.3) is 0 Å². The molecule has 0 amide bonds. The first-order valence-electron chi connectivity index (χ1n) is 7.41. The molecule has 1 aliphatic rings. The quantitative estimate of drug-likeness (QED) is 0.888. The zero-order chi connectivity index (χ0) is 14.5. The molecule has 5 heteroatoms. The van der Waals surface area contributed by atoms with Gasteiger partial charge in [-0.2, -0.15) is 0 Å². The van der Waals surface area contributed by atoms with E-state index in [2.05, 4.69) is 20.6 Å². The first-order valence-corrected chi connectivity index (χ1v) is 7.41. The smallest absolute Gasteiger partial charge is 0.135 e. The lowest BCUT2D eigenvalue weighted by Crippen LogP contribution is -2.22. The highest BCUT2D eigenvalue weighted by Crippen LogP contribution is 2.22. The Morgan fingerprint density at radius 2 is 1.81 bits per heavy atom. The second-order valence-electron chi connectivity index (χ2n) is 5.40. The van der Waals surface area contributed by atoms with E-state index < -0.39 is 0 Å². The Hall–Kier alpha value is -2.17. The van der Waals surface area contributed by atoms with Crippen LogP contribution in [0.2, 0.25) is 0 Å². The van der Waals surface area contributed by atoms with Crippen molar-refractivity contribution in [2.45, 2.75) is 38.1 Å². The van der Waals surface area contributed by atoms with Crippen LogP contribution >= 0.6 is 0 Å². The van der Waals surface area contributed by atoms with E-state index in [0.717, 1.165) is 5.82 Å². The Morgan fingerprint density at radius 3 is 2.62 bits per heavy atom. The molecular weight excluding hydrogens is 267 g/mol. The predicted molar refractivity (Wildman–Crippen MR) is 82.2 cm³/mol. The van der Waals surface area contributed by atoms with Gasteiger partial charge in [-0.15, -0.1) is 0 Å². The molecular formula is C16H19FN4. The Morgan fingerprint density at radius 1 is 1.00 bits per heavy atom. The zero-order valence-corrected chi connectivity index (χ0v) is 11.8. The van der Waals surface area contributed by atoms with E-state index in [1.165, 1.54) is 50.6 Å². The highest BCUT2D eigenvalue weighted by molar-refractivity contribution is 5.58. The molecule has 0 unspecified atom stereocenters. The summed E-state index contributed by atoms with van der Waals surface area (Å²) in [5, 5.41) is 6.54. The minimum Gasteiger partial charge on any atom is -0.367 e. The van der Waals surface area contributed by atoms with Gasteiger partial charge in [0.05, 0.1) is 0 Å². The lowest BCUT2D eigenvalue weighted by atomic mass is 9.95. The van der Waals surface area contributed by atoms with Crippen molar-refractivity contribution in [3.63, 3.8) is 0 Å². The maximum Gasteiger partial charge on any atom is 0.135 e. The van der Waals surface area contributed by atoms with Gasteiger partial charge in [0.15, 0.2) is 0 Å². The first kappa shape index (κ1) is 13.8. The number of anilines is 3. The molecule has 0 aliphatic heterocycles. The number of rotatable bonds is 4. The number of aromatic nitrogens is 2. The maximum absolute atomic E-state index is 13.2. The molecule has 0 radical (unpaired) electrons.